The number of carbonyl (C=O) groups excluding carboxylic acids is 1. The van der Waals surface area contributed by atoms with Crippen molar-refractivity contribution < 1.29 is 13.9 Å². The summed E-state index contributed by atoms with van der Waals surface area (Å²) in [5.41, 5.74) is 1.55. The molecule has 2 heterocycles. The van der Waals surface area contributed by atoms with Crippen molar-refractivity contribution in [1.29, 1.82) is 0 Å². The molecular formula is C17H16N2O3. The summed E-state index contributed by atoms with van der Waals surface area (Å²) in [7, 11) is 3.31. The summed E-state index contributed by atoms with van der Waals surface area (Å²) in [6.07, 6.45) is 3.45. The van der Waals surface area contributed by atoms with E-state index >= 15 is 0 Å². The molecule has 5 heteroatoms. The van der Waals surface area contributed by atoms with E-state index in [1.54, 1.807) is 43.6 Å². The van der Waals surface area contributed by atoms with E-state index in [0.29, 0.717) is 23.6 Å². The van der Waals surface area contributed by atoms with E-state index in [2.05, 4.69) is 4.98 Å². The summed E-state index contributed by atoms with van der Waals surface area (Å²) in [6.45, 7) is 0.473. The Bertz CT molecular complexity index is 796. The molecule has 0 spiro atoms. The van der Waals surface area contributed by atoms with Crippen molar-refractivity contribution in [2.75, 3.05) is 14.2 Å². The maximum atomic E-state index is 12.5. The van der Waals surface area contributed by atoms with Gasteiger partial charge in [-0.1, -0.05) is 18.2 Å². The van der Waals surface area contributed by atoms with Crippen LogP contribution < -0.4 is 4.74 Å². The predicted octanol–water partition coefficient (Wildman–Crippen LogP) is 3.11. The van der Waals surface area contributed by atoms with Gasteiger partial charge in [-0.05, 0) is 23.8 Å². The van der Waals surface area contributed by atoms with E-state index < -0.39 is 0 Å². The Labute approximate surface area is 128 Å². The van der Waals surface area contributed by atoms with Crippen molar-refractivity contribution in [3.8, 4) is 5.75 Å². The highest BCUT2D eigenvalue weighted by Gasteiger charge is 2.18. The highest BCUT2D eigenvalue weighted by Crippen LogP contribution is 2.28. The zero-order chi connectivity index (χ0) is 15.5. The lowest BCUT2D eigenvalue weighted by Crippen LogP contribution is -2.25. The van der Waals surface area contributed by atoms with E-state index in [4.69, 9.17) is 9.15 Å². The topological polar surface area (TPSA) is 55.6 Å². The van der Waals surface area contributed by atoms with E-state index in [9.17, 15) is 4.79 Å². The van der Waals surface area contributed by atoms with Gasteiger partial charge in [0, 0.05) is 31.4 Å². The fourth-order valence-electron chi connectivity index (χ4n) is 2.33. The first-order chi connectivity index (χ1) is 10.7. The number of hydrogen-bond acceptors (Lipinski definition) is 4. The van der Waals surface area contributed by atoms with Crippen molar-refractivity contribution >= 4 is 16.9 Å². The second kappa shape index (κ2) is 5.89. The van der Waals surface area contributed by atoms with Gasteiger partial charge in [0.2, 0.25) is 0 Å². The van der Waals surface area contributed by atoms with Crippen LogP contribution in [0.3, 0.4) is 0 Å². The summed E-state index contributed by atoms with van der Waals surface area (Å²) in [5, 5.41) is 0.845. The van der Waals surface area contributed by atoms with E-state index in [1.165, 1.54) is 0 Å². The van der Waals surface area contributed by atoms with Gasteiger partial charge in [-0.15, -0.1) is 0 Å². The Kier molecular flexibility index (Phi) is 3.78. The minimum absolute atomic E-state index is 0.179. The van der Waals surface area contributed by atoms with E-state index in [0.717, 1.165) is 10.9 Å². The standard InChI is InChI=1S/C17H16N2O3/c1-19(11-12-5-4-8-18-10-12)17(20)15-9-13-6-3-7-14(21-2)16(13)22-15/h3-10H,11H2,1-2H3. The third kappa shape index (κ3) is 2.65. The number of pyridine rings is 1. The molecular weight excluding hydrogens is 280 g/mol. The average molecular weight is 296 g/mol. The lowest BCUT2D eigenvalue weighted by Gasteiger charge is -2.15. The average Bonchev–Trinajstić information content (AvgIpc) is 2.99. The van der Waals surface area contributed by atoms with Gasteiger partial charge in [0.25, 0.3) is 5.91 Å². The molecule has 5 nitrogen and oxygen atoms in total. The van der Waals surface area contributed by atoms with Crippen LogP contribution in [0.25, 0.3) is 11.0 Å². The normalized spacial score (nSPS) is 10.6. The molecule has 0 saturated carbocycles. The highest BCUT2D eigenvalue weighted by atomic mass is 16.5. The third-order valence-electron chi connectivity index (χ3n) is 3.43. The molecule has 2 aromatic heterocycles. The number of hydrogen-bond donors (Lipinski definition) is 0. The molecule has 0 saturated heterocycles. The number of amides is 1. The van der Waals surface area contributed by atoms with Gasteiger partial charge >= 0.3 is 0 Å². The number of carbonyl (C=O) groups is 1. The molecule has 3 aromatic rings. The second-order valence-corrected chi connectivity index (χ2v) is 5.01. The van der Waals surface area contributed by atoms with Crippen LogP contribution in [0.4, 0.5) is 0 Å². The van der Waals surface area contributed by atoms with Crippen LogP contribution in [0.2, 0.25) is 0 Å². The van der Waals surface area contributed by atoms with Crippen molar-refractivity contribution in [1.82, 2.24) is 9.88 Å². The molecule has 1 amide bonds. The first-order valence-electron chi connectivity index (χ1n) is 6.90. The number of benzene rings is 1. The zero-order valence-electron chi connectivity index (χ0n) is 12.4. The first-order valence-corrected chi connectivity index (χ1v) is 6.90. The largest absolute Gasteiger partial charge is 0.493 e. The molecule has 0 unspecified atom stereocenters. The van der Waals surface area contributed by atoms with Gasteiger partial charge in [-0.3, -0.25) is 9.78 Å². The molecule has 0 N–H and O–H groups in total. The van der Waals surface area contributed by atoms with Crippen molar-refractivity contribution in [2.24, 2.45) is 0 Å². The van der Waals surface area contributed by atoms with Crippen molar-refractivity contribution in [3.05, 3.63) is 60.1 Å². The quantitative estimate of drug-likeness (QED) is 0.742. The summed E-state index contributed by atoms with van der Waals surface area (Å²) in [4.78, 5) is 18.1. The molecule has 3 rings (SSSR count). The Morgan fingerprint density at radius 2 is 2.18 bits per heavy atom. The van der Waals surface area contributed by atoms with Crippen LogP contribution in [-0.2, 0) is 6.54 Å². The first kappa shape index (κ1) is 14.1. The number of ether oxygens (including phenoxy) is 1. The van der Waals surface area contributed by atoms with Gasteiger partial charge < -0.3 is 14.1 Å². The Morgan fingerprint density at radius 1 is 1.32 bits per heavy atom. The Balaban J connectivity index is 1.85. The lowest BCUT2D eigenvalue weighted by molar-refractivity contribution is 0.0755. The molecule has 112 valence electrons. The van der Waals surface area contributed by atoms with Gasteiger partial charge in [-0.2, -0.15) is 0 Å². The summed E-state index contributed by atoms with van der Waals surface area (Å²) in [5.74, 6) is 0.736. The molecule has 22 heavy (non-hydrogen) atoms. The lowest BCUT2D eigenvalue weighted by atomic mass is 10.2. The van der Waals surface area contributed by atoms with E-state index in [-0.39, 0.29) is 5.91 Å². The van der Waals surface area contributed by atoms with Gasteiger partial charge in [-0.25, -0.2) is 0 Å². The summed E-state index contributed by atoms with van der Waals surface area (Å²) >= 11 is 0. The maximum Gasteiger partial charge on any atom is 0.289 e. The monoisotopic (exact) mass is 296 g/mol. The summed E-state index contributed by atoms with van der Waals surface area (Å²) in [6, 6.07) is 11.1. The minimum atomic E-state index is -0.179. The van der Waals surface area contributed by atoms with Crippen molar-refractivity contribution in [3.63, 3.8) is 0 Å². The van der Waals surface area contributed by atoms with Crippen LogP contribution >= 0.6 is 0 Å². The van der Waals surface area contributed by atoms with Gasteiger partial charge in [0.1, 0.15) is 0 Å². The number of aromatic nitrogens is 1. The molecule has 0 bridgehead atoms. The van der Waals surface area contributed by atoms with Gasteiger partial charge in [0.05, 0.1) is 7.11 Å². The van der Waals surface area contributed by atoms with Crippen LogP contribution in [0.15, 0.2) is 53.2 Å². The van der Waals surface area contributed by atoms with Crippen LogP contribution in [0, 0.1) is 0 Å². The van der Waals surface area contributed by atoms with Crippen molar-refractivity contribution in [2.45, 2.75) is 6.54 Å². The zero-order valence-corrected chi connectivity index (χ0v) is 12.4. The maximum absolute atomic E-state index is 12.5. The Morgan fingerprint density at radius 3 is 2.91 bits per heavy atom. The fourth-order valence-corrected chi connectivity index (χ4v) is 2.33. The molecule has 0 radical (unpaired) electrons. The summed E-state index contributed by atoms with van der Waals surface area (Å²) < 4.78 is 10.9. The second-order valence-electron chi connectivity index (χ2n) is 5.01. The number of nitrogens with zero attached hydrogens (tertiary/aromatic N) is 2. The number of furan rings is 1. The SMILES string of the molecule is COc1cccc2cc(C(=O)N(C)Cc3cccnc3)oc12. The molecule has 0 fully saturated rings. The van der Waals surface area contributed by atoms with E-state index in [1.807, 2.05) is 24.3 Å². The number of fused-ring (bicyclic) bond motifs is 1. The number of para-hydroxylation sites is 1. The third-order valence-corrected chi connectivity index (χ3v) is 3.43. The smallest absolute Gasteiger partial charge is 0.289 e. The predicted molar refractivity (Wildman–Crippen MR) is 82.8 cm³/mol. The number of rotatable bonds is 4. The molecule has 1 aromatic carbocycles. The molecule has 0 atom stereocenters. The minimum Gasteiger partial charge on any atom is -0.493 e. The van der Waals surface area contributed by atoms with Crippen LogP contribution in [0.1, 0.15) is 16.1 Å². The molecule has 0 aliphatic heterocycles. The van der Waals surface area contributed by atoms with Gasteiger partial charge in [0.15, 0.2) is 17.1 Å². The Hall–Kier alpha value is -2.82. The molecule has 0 aliphatic rings. The van der Waals surface area contributed by atoms with Crippen LogP contribution in [0.5, 0.6) is 5.75 Å². The van der Waals surface area contributed by atoms with Crippen LogP contribution in [-0.4, -0.2) is 29.9 Å². The number of methoxy groups -OCH3 is 1. The molecule has 0 aliphatic carbocycles. The fraction of sp³-hybridized carbons (Fsp3) is 0.176. The highest BCUT2D eigenvalue weighted by molar-refractivity contribution is 5.97.